The molecule has 0 aliphatic heterocycles. The number of carbonyl (C=O) groups excluding carboxylic acids is 2. The Morgan fingerprint density at radius 1 is 1.11 bits per heavy atom. The van der Waals surface area contributed by atoms with Crippen molar-refractivity contribution < 1.29 is 9.59 Å². The molecule has 0 fully saturated rings. The van der Waals surface area contributed by atoms with Crippen LogP contribution >= 0.6 is 34.4 Å². The van der Waals surface area contributed by atoms with Crippen LogP contribution in [0.15, 0.2) is 51.5 Å². The first-order valence-electron chi connectivity index (χ1n) is 8.31. The molecule has 1 aromatic carbocycles. The molecule has 140 valence electrons. The smallest absolute Gasteiger partial charge is 0.252 e. The maximum atomic E-state index is 12.0. The third-order valence-corrected chi connectivity index (χ3v) is 6.23. The van der Waals surface area contributed by atoms with Crippen LogP contribution in [0.2, 0.25) is 0 Å². The Hall–Kier alpha value is -2.23. The Kier molecular flexibility index (Phi) is 7.37. The lowest BCUT2D eigenvalue weighted by atomic mass is 10.2. The molecule has 6 nitrogen and oxygen atoms in total. The molecule has 0 aliphatic rings. The van der Waals surface area contributed by atoms with Gasteiger partial charge in [-0.3, -0.25) is 9.59 Å². The van der Waals surface area contributed by atoms with E-state index < -0.39 is 0 Å². The van der Waals surface area contributed by atoms with Crippen molar-refractivity contribution in [2.45, 2.75) is 22.9 Å². The molecule has 0 bridgehead atoms. The normalized spacial score (nSPS) is 10.5. The second-order valence-corrected chi connectivity index (χ2v) is 8.55. The summed E-state index contributed by atoms with van der Waals surface area (Å²) < 4.78 is 0.817. The monoisotopic (exact) mass is 418 g/mol. The molecule has 3 rings (SSSR count). The summed E-state index contributed by atoms with van der Waals surface area (Å²) in [6.45, 7) is 0.455. The molecule has 0 aliphatic carbocycles. The fourth-order valence-corrected chi connectivity index (χ4v) is 4.53. The molecule has 9 heteroatoms. The highest BCUT2D eigenvalue weighted by molar-refractivity contribution is 8.00. The van der Waals surface area contributed by atoms with Crippen LogP contribution in [-0.4, -0.2) is 28.6 Å². The summed E-state index contributed by atoms with van der Waals surface area (Å²) in [5.41, 5.74) is 1.87. The molecule has 0 atom stereocenters. The highest BCUT2D eigenvalue weighted by atomic mass is 32.2. The van der Waals surface area contributed by atoms with E-state index in [9.17, 15) is 9.59 Å². The molecule has 0 unspecified atom stereocenters. The number of carbonyl (C=O) groups is 2. The number of nitrogens with zero attached hydrogens (tertiary/aromatic N) is 2. The Balaban J connectivity index is 1.34. The summed E-state index contributed by atoms with van der Waals surface area (Å²) in [6.07, 6.45) is 0.881. The summed E-state index contributed by atoms with van der Waals surface area (Å²) in [5, 5.41) is 17.8. The number of anilines is 1. The predicted molar refractivity (Wildman–Crippen MR) is 110 cm³/mol. The van der Waals surface area contributed by atoms with Gasteiger partial charge in [0.1, 0.15) is 0 Å². The second kappa shape index (κ2) is 10.2. The predicted octanol–water partition coefficient (Wildman–Crippen LogP) is 4.04. The van der Waals surface area contributed by atoms with Gasteiger partial charge in [-0.05, 0) is 23.4 Å². The van der Waals surface area contributed by atoms with Crippen LogP contribution in [0, 0.1) is 0 Å². The topological polar surface area (TPSA) is 84.0 Å². The molecule has 2 heterocycles. The van der Waals surface area contributed by atoms with Gasteiger partial charge in [0.2, 0.25) is 11.0 Å². The Labute approximate surface area is 169 Å². The van der Waals surface area contributed by atoms with Crippen molar-refractivity contribution in [3.63, 3.8) is 0 Å². The summed E-state index contributed by atoms with van der Waals surface area (Å²) in [5.74, 6) is 0.573. The lowest BCUT2D eigenvalue weighted by Gasteiger charge is -2.03. The number of benzene rings is 1. The van der Waals surface area contributed by atoms with E-state index in [0.29, 0.717) is 30.1 Å². The number of rotatable bonds is 9. The molecular weight excluding hydrogens is 400 g/mol. The van der Waals surface area contributed by atoms with Gasteiger partial charge in [-0.25, -0.2) is 0 Å². The van der Waals surface area contributed by atoms with Gasteiger partial charge in [-0.1, -0.05) is 53.4 Å². The second-order valence-electron chi connectivity index (χ2n) is 5.57. The van der Waals surface area contributed by atoms with Gasteiger partial charge in [-0.15, -0.1) is 10.2 Å². The highest BCUT2D eigenvalue weighted by Crippen LogP contribution is 2.28. The molecular formula is C18H18N4O2S3. The van der Waals surface area contributed by atoms with Crippen LogP contribution in [0.5, 0.6) is 0 Å². The quantitative estimate of drug-likeness (QED) is 0.311. The molecule has 3 aromatic rings. The first-order valence-corrected chi connectivity index (χ1v) is 11.1. The number of thiophene rings is 1. The number of hydrogen-bond acceptors (Lipinski definition) is 7. The summed E-state index contributed by atoms with van der Waals surface area (Å²) in [6, 6.07) is 11.9. The Morgan fingerprint density at radius 3 is 2.74 bits per heavy atom. The fraction of sp³-hybridized carbons (Fsp3) is 0.222. The molecule has 0 saturated carbocycles. The number of nitrogens with one attached hydrogen (secondary N) is 2. The van der Waals surface area contributed by atoms with Gasteiger partial charge in [0.15, 0.2) is 4.34 Å². The van der Waals surface area contributed by atoms with Gasteiger partial charge >= 0.3 is 0 Å². The van der Waals surface area contributed by atoms with Gasteiger partial charge in [-0.2, -0.15) is 11.3 Å². The summed E-state index contributed by atoms with van der Waals surface area (Å²) in [7, 11) is 0. The first kappa shape index (κ1) is 19.5. The van der Waals surface area contributed by atoms with Gasteiger partial charge < -0.3 is 10.6 Å². The van der Waals surface area contributed by atoms with Crippen molar-refractivity contribution >= 4 is 51.4 Å². The van der Waals surface area contributed by atoms with Crippen molar-refractivity contribution in [1.29, 1.82) is 0 Å². The van der Waals surface area contributed by atoms with Crippen molar-refractivity contribution in [3.8, 4) is 0 Å². The summed E-state index contributed by atoms with van der Waals surface area (Å²) >= 11 is 4.43. The largest absolute Gasteiger partial charge is 0.352 e. The van der Waals surface area contributed by atoms with Crippen molar-refractivity contribution in [1.82, 2.24) is 15.5 Å². The first-order chi connectivity index (χ1) is 13.2. The van der Waals surface area contributed by atoms with Crippen molar-refractivity contribution in [2.75, 3.05) is 11.9 Å². The summed E-state index contributed by atoms with van der Waals surface area (Å²) in [4.78, 5) is 23.8. The molecule has 27 heavy (non-hydrogen) atoms. The SMILES string of the molecule is O=C(CCCNC(=O)c1ccsc1)Nc1nnc(SCc2ccccc2)s1. The van der Waals surface area contributed by atoms with E-state index in [1.807, 2.05) is 23.6 Å². The van der Waals surface area contributed by atoms with E-state index in [1.165, 1.54) is 28.2 Å². The molecule has 0 radical (unpaired) electrons. The van der Waals surface area contributed by atoms with Crippen LogP contribution in [-0.2, 0) is 10.5 Å². The number of aromatic nitrogens is 2. The molecule has 0 saturated heterocycles. The minimum Gasteiger partial charge on any atom is -0.352 e. The zero-order chi connectivity index (χ0) is 18.9. The Morgan fingerprint density at radius 2 is 1.96 bits per heavy atom. The third-order valence-electron chi connectivity index (χ3n) is 3.51. The van der Waals surface area contributed by atoms with Crippen LogP contribution in [0.1, 0.15) is 28.8 Å². The molecule has 2 aromatic heterocycles. The van der Waals surface area contributed by atoms with Gasteiger partial charge in [0.25, 0.3) is 5.91 Å². The standard InChI is InChI=1S/C18H18N4O2S3/c23-15(7-4-9-19-16(24)14-8-10-25-12-14)20-17-21-22-18(27-17)26-11-13-5-2-1-3-6-13/h1-3,5-6,8,10,12H,4,7,9,11H2,(H,19,24)(H,20,21,23). The van der Waals surface area contributed by atoms with E-state index in [2.05, 4.69) is 33.0 Å². The van der Waals surface area contributed by atoms with E-state index in [1.54, 1.807) is 23.2 Å². The van der Waals surface area contributed by atoms with Crippen LogP contribution in [0.25, 0.3) is 0 Å². The molecule has 2 amide bonds. The zero-order valence-corrected chi connectivity index (χ0v) is 16.8. The number of hydrogen-bond donors (Lipinski definition) is 2. The van der Waals surface area contributed by atoms with E-state index in [0.717, 1.165) is 10.1 Å². The minimum absolute atomic E-state index is 0.110. The lowest BCUT2D eigenvalue weighted by molar-refractivity contribution is -0.116. The fourth-order valence-electron chi connectivity index (χ4n) is 2.17. The molecule has 0 spiro atoms. The average molecular weight is 419 g/mol. The van der Waals surface area contributed by atoms with Gasteiger partial charge in [0, 0.05) is 29.7 Å². The van der Waals surface area contributed by atoms with Crippen molar-refractivity contribution in [3.05, 3.63) is 58.3 Å². The highest BCUT2D eigenvalue weighted by Gasteiger charge is 2.10. The van der Waals surface area contributed by atoms with Crippen LogP contribution in [0.4, 0.5) is 5.13 Å². The van der Waals surface area contributed by atoms with Crippen LogP contribution < -0.4 is 10.6 Å². The lowest BCUT2D eigenvalue weighted by Crippen LogP contribution is -2.25. The van der Waals surface area contributed by atoms with E-state index in [-0.39, 0.29) is 11.8 Å². The van der Waals surface area contributed by atoms with E-state index in [4.69, 9.17) is 0 Å². The zero-order valence-electron chi connectivity index (χ0n) is 14.4. The maximum Gasteiger partial charge on any atom is 0.252 e. The van der Waals surface area contributed by atoms with Crippen LogP contribution in [0.3, 0.4) is 0 Å². The molecule has 2 N–H and O–H groups in total. The minimum atomic E-state index is -0.129. The average Bonchev–Trinajstić information content (AvgIpc) is 3.36. The number of thioether (sulfide) groups is 1. The van der Waals surface area contributed by atoms with Gasteiger partial charge in [0.05, 0.1) is 0 Å². The maximum absolute atomic E-state index is 12.0. The van der Waals surface area contributed by atoms with Crippen molar-refractivity contribution in [2.24, 2.45) is 0 Å². The van der Waals surface area contributed by atoms with E-state index >= 15 is 0 Å². The third kappa shape index (κ3) is 6.46. The Bertz CT molecular complexity index is 866. The number of amides is 2.